The van der Waals surface area contributed by atoms with Crippen LogP contribution in [0, 0.1) is 0 Å². The molecule has 0 saturated carbocycles. The van der Waals surface area contributed by atoms with Crippen LogP contribution in [0.25, 0.3) is 0 Å². The zero-order chi connectivity index (χ0) is 31.7. The zero-order valence-electron chi connectivity index (χ0n) is 28.0. The number of imidazole rings is 1. The minimum atomic E-state index is 0.193. The second-order valence-electron chi connectivity index (χ2n) is 8.80. The van der Waals surface area contributed by atoms with E-state index in [1.165, 1.54) is 44.2 Å². The molecule has 0 amide bonds. The first kappa shape index (κ1) is 49.7. The zero-order valence-corrected chi connectivity index (χ0v) is 28.0. The summed E-state index contributed by atoms with van der Waals surface area (Å²) in [7, 11) is 0. The summed E-state index contributed by atoms with van der Waals surface area (Å²) >= 11 is 0. The maximum absolute atomic E-state index is 10.0. The van der Waals surface area contributed by atoms with Crippen LogP contribution < -0.4 is 17.2 Å². The second kappa shape index (κ2) is 52.3. The van der Waals surface area contributed by atoms with Crippen molar-refractivity contribution in [2.45, 2.75) is 153 Å². The van der Waals surface area contributed by atoms with Gasteiger partial charge in [0.1, 0.15) is 11.6 Å². The normalized spacial score (nSPS) is 8.31. The Morgan fingerprint density at radius 1 is 0.795 bits per heavy atom. The number of nitrogens with two attached hydrogens (primary N) is 3. The third-order valence-electron chi connectivity index (χ3n) is 4.15. The quantitative estimate of drug-likeness (QED) is 0.124. The molecule has 1 aromatic heterocycles. The first-order valence-electron chi connectivity index (χ1n) is 15.2. The van der Waals surface area contributed by atoms with Crippen LogP contribution >= 0.6 is 0 Å². The van der Waals surface area contributed by atoms with Crippen LogP contribution in [0.1, 0.15) is 152 Å². The minimum Gasteiger partial charge on any atom is -0.370 e. The van der Waals surface area contributed by atoms with E-state index in [0.717, 1.165) is 45.2 Å². The number of Topliss-reactive ketones (excluding diaryl/α,β-unsaturated/α-hetero) is 2. The SMILES string of the molecule is CCC.CCC(C)=O.CCCC.CCCC(C)=O.CCCCCN.CCCCN=C(N)N.CCc1cnc[nH]1. The van der Waals surface area contributed by atoms with Crippen molar-refractivity contribution in [3.05, 3.63) is 18.2 Å². The van der Waals surface area contributed by atoms with Crippen LogP contribution in [-0.2, 0) is 16.0 Å². The summed E-state index contributed by atoms with van der Waals surface area (Å²) in [5, 5.41) is 0. The predicted molar refractivity (Wildman–Crippen MR) is 175 cm³/mol. The van der Waals surface area contributed by atoms with Crippen LogP contribution in [0.3, 0.4) is 0 Å². The molecule has 236 valence electrons. The molecule has 0 aromatic carbocycles. The van der Waals surface area contributed by atoms with Gasteiger partial charge in [0, 0.05) is 31.3 Å². The molecule has 0 aliphatic carbocycles. The molecule has 0 aliphatic heterocycles. The number of hydrogen-bond donors (Lipinski definition) is 4. The van der Waals surface area contributed by atoms with E-state index in [9.17, 15) is 9.59 Å². The summed E-state index contributed by atoms with van der Waals surface area (Å²) in [4.78, 5) is 30.5. The highest BCUT2D eigenvalue weighted by Crippen LogP contribution is 1.89. The van der Waals surface area contributed by atoms with Crippen LogP contribution in [0.2, 0.25) is 0 Å². The maximum atomic E-state index is 10.0. The lowest BCUT2D eigenvalue weighted by atomic mass is 10.3. The van der Waals surface area contributed by atoms with Gasteiger partial charge in [-0.2, -0.15) is 0 Å². The van der Waals surface area contributed by atoms with E-state index in [1.807, 2.05) is 20.0 Å². The highest BCUT2D eigenvalue weighted by molar-refractivity contribution is 5.75. The molecule has 0 saturated heterocycles. The number of aryl methyl sites for hydroxylation is 1. The number of aromatic amines is 1. The number of nitrogens with one attached hydrogen (secondary N) is 1. The van der Waals surface area contributed by atoms with Gasteiger partial charge >= 0.3 is 0 Å². The van der Waals surface area contributed by atoms with Gasteiger partial charge in [0.05, 0.1) is 6.33 Å². The number of ketones is 2. The first-order valence-corrected chi connectivity index (χ1v) is 15.2. The number of guanidine groups is 1. The molecule has 0 fully saturated rings. The van der Waals surface area contributed by atoms with Crippen LogP contribution in [0.5, 0.6) is 0 Å². The van der Waals surface area contributed by atoms with Crippen LogP contribution in [0.15, 0.2) is 17.5 Å². The first-order chi connectivity index (χ1) is 18.5. The number of aromatic nitrogens is 2. The molecule has 7 N–H and O–H groups in total. The van der Waals surface area contributed by atoms with E-state index in [0.29, 0.717) is 6.42 Å². The number of nitrogens with zero attached hydrogens (tertiary/aromatic N) is 2. The van der Waals surface area contributed by atoms with Gasteiger partial charge in [0.15, 0.2) is 5.96 Å². The highest BCUT2D eigenvalue weighted by atomic mass is 16.1. The standard InChI is InChI=1S/C5H13N3.C5H8N2.C5H13N.C5H10O.C4H8O.C4H10.C3H8/c1-2-3-4-8-5(6)7;1-2-5-3-6-4-7-5;1-2-3-4-5-6;1-3-4-5(2)6;1-3-4(2)5;1-3-4-2;1-3-2/h2-4H2,1H3,(H4,6,7,8);3-4H,2H2,1H3,(H,6,7);2-6H2,1H3;3-4H2,1-2H3;3H2,1-2H3;3-4H2,1-2H3;3H2,1-2H3. The van der Waals surface area contributed by atoms with E-state index < -0.39 is 0 Å². The molecule has 8 nitrogen and oxygen atoms in total. The molecular weight excluding hydrogens is 488 g/mol. The number of rotatable bonds is 11. The van der Waals surface area contributed by atoms with Gasteiger partial charge in [0.25, 0.3) is 0 Å². The molecule has 8 heteroatoms. The third-order valence-corrected chi connectivity index (χ3v) is 4.15. The van der Waals surface area contributed by atoms with Crippen molar-refractivity contribution in [3.63, 3.8) is 0 Å². The largest absolute Gasteiger partial charge is 0.370 e. The fraction of sp³-hybridized carbons (Fsp3) is 0.806. The van der Waals surface area contributed by atoms with E-state index in [1.54, 1.807) is 20.2 Å². The maximum Gasteiger partial charge on any atom is 0.185 e. The summed E-state index contributed by atoms with van der Waals surface area (Å²) in [6.45, 7) is 23.6. The number of H-pyrrole nitrogens is 1. The van der Waals surface area contributed by atoms with Gasteiger partial charge in [-0.1, -0.05) is 101 Å². The fourth-order valence-corrected chi connectivity index (χ4v) is 1.59. The van der Waals surface area contributed by atoms with E-state index >= 15 is 0 Å². The van der Waals surface area contributed by atoms with Gasteiger partial charge in [0.2, 0.25) is 0 Å². The topological polar surface area (TPSA) is 153 Å². The van der Waals surface area contributed by atoms with Crippen molar-refractivity contribution in [2.24, 2.45) is 22.2 Å². The second-order valence-corrected chi connectivity index (χ2v) is 8.80. The Morgan fingerprint density at radius 2 is 1.28 bits per heavy atom. The smallest absolute Gasteiger partial charge is 0.185 e. The Morgan fingerprint density at radius 3 is 1.44 bits per heavy atom. The van der Waals surface area contributed by atoms with Gasteiger partial charge in [-0.25, -0.2) is 4.98 Å². The number of carbonyl (C=O) groups is 2. The monoisotopic (exact) mass is 559 g/mol. The molecule has 1 aromatic rings. The number of unbranched alkanes of at least 4 members (excludes halogenated alkanes) is 4. The number of carbonyl (C=O) groups excluding carboxylic acids is 2. The molecule has 0 radical (unpaired) electrons. The molecule has 0 bridgehead atoms. The number of hydrogen-bond acceptors (Lipinski definition) is 5. The van der Waals surface area contributed by atoms with Crippen LogP contribution in [0.4, 0.5) is 0 Å². The molecule has 0 spiro atoms. The van der Waals surface area contributed by atoms with Gasteiger partial charge in [-0.15, -0.1) is 0 Å². The lowest BCUT2D eigenvalue weighted by molar-refractivity contribution is -0.117. The minimum absolute atomic E-state index is 0.193. The molecule has 0 atom stereocenters. The average Bonchev–Trinajstić information content (AvgIpc) is 3.44. The summed E-state index contributed by atoms with van der Waals surface area (Å²) in [6.07, 6.45) is 16.8. The van der Waals surface area contributed by atoms with Crippen molar-refractivity contribution in [3.8, 4) is 0 Å². The Hall–Kier alpha value is -2.22. The van der Waals surface area contributed by atoms with Crippen molar-refractivity contribution < 1.29 is 9.59 Å². The Kier molecular flexibility index (Phi) is 66.6. The lowest BCUT2D eigenvalue weighted by Crippen LogP contribution is -2.22. The Labute approximate surface area is 243 Å². The average molecular weight is 559 g/mol. The van der Waals surface area contributed by atoms with Crippen molar-refractivity contribution >= 4 is 17.5 Å². The van der Waals surface area contributed by atoms with E-state index in [4.69, 9.17) is 17.2 Å². The van der Waals surface area contributed by atoms with Gasteiger partial charge in [-0.3, -0.25) is 4.99 Å². The van der Waals surface area contributed by atoms with Crippen molar-refractivity contribution in [1.29, 1.82) is 0 Å². The van der Waals surface area contributed by atoms with E-state index in [-0.39, 0.29) is 17.5 Å². The Balaban J connectivity index is -0.0000000830. The Bertz CT molecular complexity index is 551. The predicted octanol–water partition coefficient (Wildman–Crippen LogP) is 7.75. The van der Waals surface area contributed by atoms with Crippen molar-refractivity contribution in [1.82, 2.24) is 9.97 Å². The molecule has 0 unspecified atom stereocenters. The fourth-order valence-electron chi connectivity index (χ4n) is 1.59. The third kappa shape index (κ3) is 94.6. The molecule has 1 rings (SSSR count). The molecule has 1 heterocycles. The summed E-state index contributed by atoms with van der Waals surface area (Å²) < 4.78 is 0. The summed E-state index contributed by atoms with van der Waals surface area (Å²) in [6, 6.07) is 0. The van der Waals surface area contributed by atoms with Gasteiger partial charge in [-0.05, 0) is 46.1 Å². The molecule has 0 aliphatic rings. The number of aliphatic imine (C=N–C) groups is 1. The van der Waals surface area contributed by atoms with Crippen molar-refractivity contribution in [2.75, 3.05) is 13.1 Å². The molecular formula is C31H70N6O2. The van der Waals surface area contributed by atoms with E-state index in [2.05, 4.69) is 63.4 Å². The van der Waals surface area contributed by atoms with Gasteiger partial charge < -0.3 is 31.8 Å². The van der Waals surface area contributed by atoms with Crippen LogP contribution in [-0.4, -0.2) is 40.6 Å². The highest BCUT2D eigenvalue weighted by Gasteiger charge is 1.84. The summed E-state index contributed by atoms with van der Waals surface area (Å²) in [5.41, 5.74) is 16.5. The lowest BCUT2D eigenvalue weighted by Gasteiger charge is -1.89. The molecule has 39 heavy (non-hydrogen) atoms. The summed E-state index contributed by atoms with van der Waals surface area (Å²) in [5.74, 6) is 0.737.